The summed E-state index contributed by atoms with van der Waals surface area (Å²) in [5.41, 5.74) is 2.03. The normalized spacial score (nSPS) is 17.0. The van der Waals surface area contributed by atoms with Gasteiger partial charge in [0.2, 0.25) is 5.91 Å². The number of hydrogen-bond acceptors (Lipinski definition) is 3. The highest BCUT2D eigenvalue weighted by atomic mass is 19.4. The average molecular weight is 445 g/mol. The summed E-state index contributed by atoms with van der Waals surface area (Å²) in [4.78, 5) is 29.3. The number of carbonyl (C=O) groups is 2. The van der Waals surface area contributed by atoms with Crippen LogP contribution in [0.2, 0.25) is 0 Å². The summed E-state index contributed by atoms with van der Waals surface area (Å²) in [6.07, 6.45) is -0.183. The van der Waals surface area contributed by atoms with Gasteiger partial charge in [0.25, 0.3) is 5.91 Å². The second-order valence-corrected chi connectivity index (χ2v) is 8.41. The Hall–Kier alpha value is -2.87. The molecule has 0 unspecified atom stereocenters. The average Bonchev–Trinajstić information content (AvgIpc) is 2.78. The van der Waals surface area contributed by atoms with Crippen LogP contribution in [0.1, 0.15) is 46.3 Å². The molecule has 0 aromatic heterocycles. The van der Waals surface area contributed by atoms with Gasteiger partial charge in [0.05, 0.1) is 12.1 Å². The van der Waals surface area contributed by atoms with Crippen LogP contribution in [0.4, 0.5) is 18.9 Å². The van der Waals surface area contributed by atoms with Crippen LogP contribution in [0.3, 0.4) is 0 Å². The molecule has 8 heteroatoms. The second-order valence-electron chi connectivity index (χ2n) is 8.41. The van der Waals surface area contributed by atoms with Gasteiger partial charge in [-0.15, -0.1) is 0 Å². The molecule has 170 valence electrons. The molecule has 4 rings (SSSR count). The number of halogens is 3. The van der Waals surface area contributed by atoms with Crippen LogP contribution in [0.15, 0.2) is 42.5 Å². The summed E-state index contributed by atoms with van der Waals surface area (Å²) in [6, 6.07) is 9.68. The summed E-state index contributed by atoms with van der Waals surface area (Å²) in [5.74, 6) is -0.357. The first-order valence-electron chi connectivity index (χ1n) is 10.9. The number of benzene rings is 2. The van der Waals surface area contributed by atoms with Crippen molar-refractivity contribution in [1.29, 1.82) is 0 Å². The van der Waals surface area contributed by atoms with Crippen LogP contribution >= 0.6 is 0 Å². The van der Waals surface area contributed by atoms with Gasteiger partial charge in [0.15, 0.2) is 0 Å². The predicted octanol–water partition coefficient (Wildman–Crippen LogP) is 4.33. The maximum Gasteiger partial charge on any atom is 0.416 e. The second kappa shape index (κ2) is 9.32. The summed E-state index contributed by atoms with van der Waals surface area (Å²) in [6.45, 7) is 3.55. The standard InChI is InChI=1S/C24H26F3N3O2/c25-24(26,27)20-7-4-18(5-8-20)23(32)28-21-9-6-17-10-13-30(15-19(17)14-21)22(31)16-29-11-2-1-3-12-29/h4-9,14H,1-3,10-13,15-16H2,(H,28,32). The number of rotatable bonds is 4. The van der Waals surface area contributed by atoms with Crippen molar-refractivity contribution in [3.8, 4) is 0 Å². The lowest BCUT2D eigenvalue weighted by molar-refractivity contribution is -0.137. The SMILES string of the molecule is O=C(Nc1ccc2c(c1)CN(C(=O)CN1CCCCC1)CC2)c1ccc(C(F)(F)F)cc1. The summed E-state index contributed by atoms with van der Waals surface area (Å²) in [5, 5.41) is 2.74. The molecular formula is C24H26F3N3O2. The highest BCUT2D eigenvalue weighted by Crippen LogP contribution is 2.29. The molecule has 2 aromatic carbocycles. The molecule has 2 amide bonds. The zero-order chi connectivity index (χ0) is 22.7. The van der Waals surface area contributed by atoms with E-state index in [-0.39, 0.29) is 11.5 Å². The minimum Gasteiger partial charge on any atom is -0.337 e. The van der Waals surface area contributed by atoms with Crippen molar-refractivity contribution in [1.82, 2.24) is 9.80 Å². The number of piperidine rings is 1. The van der Waals surface area contributed by atoms with Crippen molar-refractivity contribution >= 4 is 17.5 Å². The fraction of sp³-hybridized carbons (Fsp3) is 0.417. The highest BCUT2D eigenvalue weighted by molar-refractivity contribution is 6.04. The number of fused-ring (bicyclic) bond motifs is 1. The predicted molar refractivity (Wildman–Crippen MR) is 115 cm³/mol. The van der Waals surface area contributed by atoms with Gasteiger partial charge >= 0.3 is 6.18 Å². The molecule has 32 heavy (non-hydrogen) atoms. The van der Waals surface area contributed by atoms with Crippen molar-refractivity contribution in [2.24, 2.45) is 0 Å². The van der Waals surface area contributed by atoms with Crippen molar-refractivity contribution in [3.63, 3.8) is 0 Å². The van der Waals surface area contributed by atoms with E-state index in [0.29, 0.717) is 25.3 Å². The molecule has 0 atom stereocenters. The van der Waals surface area contributed by atoms with Gasteiger partial charge in [-0.25, -0.2) is 0 Å². The van der Waals surface area contributed by atoms with Crippen molar-refractivity contribution in [3.05, 3.63) is 64.7 Å². The molecule has 5 nitrogen and oxygen atoms in total. The maximum atomic E-state index is 12.8. The lowest BCUT2D eigenvalue weighted by atomic mass is 9.98. The van der Waals surface area contributed by atoms with E-state index >= 15 is 0 Å². The molecule has 0 spiro atoms. The Morgan fingerprint density at radius 3 is 2.31 bits per heavy atom. The number of nitrogens with one attached hydrogen (secondary N) is 1. The molecule has 0 radical (unpaired) electrons. The molecule has 2 aliphatic heterocycles. The van der Waals surface area contributed by atoms with Crippen molar-refractivity contribution in [2.45, 2.75) is 38.4 Å². The Bertz CT molecular complexity index is 983. The van der Waals surface area contributed by atoms with Crippen LogP contribution in [0, 0.1) is 0 Å². The fourth-order valence-electron chi connectivity index (χ4n) is 4.27. The Morgan fingerprint density at radius 1 is 0.906 bits per heavy atom. The molecular weight excluding hydrogens is 419 g/mol. The number of carbonyl (C=O) groups excluding carboxylic acids is 2. The van der Waals surface area contributed by atoms with Crippen LogP contribution in [-0.4, -0.2) is 47.8 Å². The minimum absolute atomic E-state index is 0.122. The van der Waals surface area contributed by atoms with Crippen LogP contribution < -0.4 is 5.32 Å². The van der Waals surface area contributed by atoms with Gasteiger partial charge in [-0.2, -0.15) is 13.2 Å². The lowest BCUT2D eigenvalue weighted by Crippen LogP contribution is -2.44. The van der Waals surface area contributed by atoms with Crippen molar-refractivity contribution < 1.29 is 22.8 Å². The number of anilines is 1. The zero-order valence-electron chi connectivity index (χ0n) is 17.8. The Morgan fingerprint density at radius 2 is 1.62 bits per heavy atom. The third-order valence-electron chi connectivity index (χ3n) is 6.11. The topological polar surface area (TPSA) is 52.7 Å². The van der Waals surface area contributed by atoms with E-state index in [0.717, 1.165) is 67.7 Å². The summed E-state index contributed by atoms with van der Waals surface area (Å²) in [7, 11) is 0. The molecule has 1 fully saturated rings. The molecule has 2 aromatic rings. The van der Waals surface area contributed by atoms with E-state index in [2.05, 4.69) is 10.2 Å². The van der Waals surface area contributed by atoms with Gasteiger partial charge in [-0.1, -0.05) is 12.5 Å². The number of nitrogens with zero attached hydrogens (tertiary/aromatic N) is 2. The molecule has 0 saturated carbocycles. The van der Waals surface area contributed by atoms with E-state index in [1.54, 1.807) is 6.07 Å². The van der Waals surface area contributed by atoms with Gasteiger partial charge < -0.3 is 10.2 Å². The number of likely N-dealkylation sites (tertiary alicyclic amines) is 1. The first-order chi connectivity index (χ1) is 15.3. The first-order valence-corrected chi connectivity index (χ1v) is 10.9. The molecule has 1 saturated heterocycles. The quantitative estimate of drug-likeness (QED) is 0.762. The Labute approximate surface area is 185 Å². The lowest BCUT2D eigenvalue weighted by Gasteiger charge is -2.32. The third kappa shape index (κ3) is 5.30. The fourth-order valence-corrected chi connectivity index (χ4v) is 4.27. The largest absolute Gasteiger partial charge is 0.416 e. The first kappa shape index (κ1) is 22.3. The molecule has 0 bridgehead atoms. The van der Waals surface area contributed by atoms with Crippen molar-refractivity contribution in [2.75, 3.05) is 31.5 Å². The number of hydrogen-bond donors (Lipinski definition) is 1. The van der Waals surface area contributed by atoms with Gasteiger partial charge in [0.1, 0.15) is 0 Å². The summed E-state index contributed by atoms with van der Waals surface area (Å²) >= 11 is 0. The van der Waals surface area contributed by atoms with E-state index in [9.17, 15) is 22.8 Å². The molecule has 2 aliphatic rings. The third-order valence-corrected chi connectivity index (χ3v) is 6.11. The van der Waals surface area contributed by atoms with Crippen LogP contribution in [-0.2, 0) is 23.9 Å². The van der Waals surface area contributed by atoms with E-state index < -0.39 is 17.6 Å². The molecule has 1 N–H and O–H groups in total. The maximum absolute atomic E-state index is 12.8. The van der Waals surface area contributed by atoms with Crippen LogP contribution in [0.5, 0.6) is 0 Å². The Balaban J connectivity index is 1.39. The minimum atomic E-state index is -4.44. The zero-order valence-corrected chi connectivity index (χ0v) is 17.8. The van der Waals surface area contributed by atoms with E-state index in [1.807, 2.05) is 17.0 Å². The van der Waals surface area contributed by atoms with E-state index in [1.165, 1.54) is 6.42 Å². The monoisotopic (exact) mass is 445 g/mol. The molecule has 0 aliphatic carbocycles. The number of amides is 2. The smallest absolute Gasteiger partial charge is 0.337 e. The highest BCUT2D eigenvalue weighted by Gasteiger charge is 2.30. The Kier molecular flexibility index (Phi) is 6.50. The van der Waals surface area contributed by atoms with Gasteiger partial charge in [0, 0.05) is 24.3 Å². The summed E-state index contributed by atoms with van der Waals surface area (Å²) < 4.78 is 38.1. The number of alkyl halides is 3. The molecule has 2 heterocycles. The van der Waals surface area contributed by atoms with Crippen LogP contribution in [0.25, 0.3) is 0 Å². The van der Waals surface area contributed by atoms with Gasteiger partial charge in [-0.05, 0) is 79.9 Å². The van der Waals surface area contributed by atoms with E-state index in [4.69, 9.17) is 0 Å². The van der Waals surface area contributed by atoms with Gasteiger partial charge in [-0.3, -0.25) is 14.5 Å².